The third-order valence-electron chi connectivity index (χ3n) is 5.50. The second kappa shape index (κ2) is 14.0. The minimum absolute atomic E-state index is 0.0289. The normalized spacial score (nSPS) is 22.8. The molecule has 0 saturated heterocycles. The second-order valence-electron chi connectivity index (χ2n) is 8.72. The molecule has 1 aliphatic heterocycles. The van der Waals surface area contributed by atoms with E-state index in [0.717, 1.165) is 11.1 Å². The van der Waals surface area contributed by atoms with Crippen molar-refractivity contribution in [1.29, 1.82) is 0 Å². The predicted molar refractivity (Wildman–Crippen MR) is 122 cm³/mol. The Hall–Kier alpha value is -2.22. The van der Waals surface area contributed by atoms with Crippen LogP contribution >= 0.6 is 0 Å². The molecule has 6 atom stereocenters. The van der Waals surface area contributed by atoms with Crippen LogP contribution in [0, 0.1) is 17.8 Å². The van der Waals surface area contributed by atoms with E-state index in [-0.39, 0.29) is 31.0 Å². The van der Waals surface area contributed by atoms with Gasteiger partial charge < -0.3 is 24.8 Å². The minimum atomic E-state index is -0.698. The lowest BCUT2D eigenvalue weighted by molar-refractivity contribution is -0.164. The highest BCUT2D eigenvalue weighted by Gasteiger charge is 2.34. The maximum atomic E-state index is 12.3. The first-order chi connectivity index (χ1) is 15.1. The highest BCUT2D eigenvalue weighted by Crippen LogP contribution is 2.28. The fourth-order valence-corrected chi connectivity index (χ4v) is 3.73. The van der Waals surface area contributed by atoms with Gasteiger partial charge in [-0.1, -0.05) is 38.2 Å². The summed E-state index contributed by atoms with van der Waals surface area (Å²) >= 11 is 0. The molecule has 180 valence electrons. The van der Waals surface area contributed by atoms with Gasteiger partial charge in [-0.15, -0.1) is 0 Å². The third kappa shape index (κ3) is 9.94. The van der Waals surface area contributed by atoms with Gasteiger partial charge in [-0.2, -0.15) is 0 Å². The Morgan fingerprint density at radius 3 is 2.56 bits per heavy atom. The topological polar surface area (TPSA) is 113 Å². The first kappa shape index (κ1) is 27.8. The summed E-state index contributed by atoms with van der Waals surface area (Å²) in [7, 11) is 0. The van der Waals surface area contributed by atoms with E-state index in [1.807, 2.05) is 13.8 Å². The molecule has 0 saturated carbocycles. The van der Waals surface area contributed by atoms with Gasteiger partial charge in [-0.25, -0.2) is 9.59 Å². The summed E-state index contributed by atoms with van der Waals surface area (Å²) < 4.78 is 11.0. The van der Waals surface area contributed by atoms with Crippen molar-refractivity contribution in [2.75, 3.05) is 13.2 Å². The van der Waals surface area contributed by atoms with Crippen molar-refractivity contribution in [3.63, 3.8) is 0 Å². The molecule has 0 unspecified atom stereocenters. The van der Waals surface area contributed by atoms with Crippen molar-refractivity contribution in [3.8, 4) is 0 Å². The van der Waals surface area contributed by atoms with Gasteiger partial charge in [0, 0.05) is 31.3 Å². The molecule has 0 radical (unpaired) electrons. The number of cyclic esters (lactones) is 1. The van der Waals surface area contributed by atoms with E-state index in [2.05, 4.69) is 6.58 Å². The lowest BCUT2D eigenvalue weighted by atomic mass is 9.86. The van der Waals surface area contributed by atoms with E-state index in [0.29, 0.717) is 19.3 Å². The Bertz CT molecular complexity index is 720. The number of esters is 2. The fourth-order valence-electron chi connectivity index (χ4n) is 3.73. The van der Waals surface area contributed by atoms with Gasteiger partial charge in [0.1, 0.15) is 6.10 Å². The molecule has 0 amide bonds. The van der Waals surface area contributed by atoms with Crippen LogP contribution in [0.3, 0.4) is 0 Å². The molecule has 7 heteroatoms. The molecule has 1 rings (SSSR count). The number of aliphatic hydroxyl groups excluding tert-OH is 3. The number of hydrogen-bond donors (Lipinski definition) is 3. The van der Waals surface area contributed by atoms with Gasteiger partial charge in [0.05, 0.1) is 6.10 Å². The Kier molecular flexibility index (Phi) is 12.2. The average molecular weight is 451 g/mol. The van der Waals surface area contributed by atoms with Crippen LogP contribution in [-0.2, 0) is 19.1 Å². The molecule has 1 heterocycles. The molecule has 7 nitrogen and oxygen atoms in total. The van der Waals surface area contributed by atoms with Crippen LogP contribution in [-0.4, -0.2) is 58.8 Å². The molecule has 3 N–H and O–H groups in total. The van der Waals surface area contributed by atoms with Gasteiger partial charge in [0.15, 0.2) is 6.10 Å². The van der Waals surface area contributed by atoms with E-state index in [1.165, 1.54) is 12.2 Å². The molecule has 0 aromatic carbocycles. The molecule has 1 aliphatic rings. The molecule has 0 aliphatic carbocycles. The number of allylic oxidation sites excluding steroid dienone is 2. The second-order valence-corrected chi connectivity index (χ2v) is 8.72. The van der Waals surface area contributed by atoms with Crippen molar-refractivity contribution < 1.29 is 34.4 Å². The highest BCUT2D eigenvalue weighted by atomic mass is 16.6. The van der Waals surface area contributed by atoms with Crippen molar-refractivity contribution in [2.45, 2.75) is 65.3 Å². The molecule has 32 heavy (non-hydrogen) atoms. The Morgan fingerprint density at radius 2 is 1.97 bits per heavy atom. The summed E-state index contributed by atoms with van der Waals surface area (Å²) in [5, 5.41) is 27.9. The quantitative estimate of drug-likeness (QED) is 0.171. The Labute approximate surface area is 191 Å². The zero-order chi connectivity index (χ0) is 24.3. The molecule has 0 fully saturated rings. The lowest BCUT2D eigenvalue weighted by Crippen LogP contribution is -2.41. The fraction of sp³-hybridized carbons (Fsp3) is 0.600. The summed E-state index contributed by atoms with van der Waals surface area (Å²) in [6, 6.07) is 0. The number of carbonyl (C=O) groups excluding carboxylic acids is 2. The van der Waals surface area contributed by atoms with Gasteiger partial charge in [-0.05, 0) is 56.6 Å². The summed E-state index contributed by atoms with van der Waals surface area (Å²) in [5.41, 5.74) is 1.52. The molecule has 0 spiro atoms. The van der Waals surface area contributed by atoms with Crippen LogP contribution in [0.2, 0.25) is 0 Å². The predicted octanol–water partition coefficient (Wildman–Crippen LogP) is 2.86. The lowest BCUT2D eigenvalue weighted by Gasteiger charge is -2.32. The van der Waals surface area contributed by atoms with E-state index < -0.39 is 30.3 Å². The van der Waals surface area contributed by atoms with Crippen molar-refractivity contribution in [1.82, 2.24) is 0 Å². The molecule has 0 aromatic rings. The van der Waals surface area contributed by atoms with Crippen molar-refractivity contribution >= 4 is 11.9 Å². The maximum absolute atomic E-state index is 12.3. The minimum Gasteiger partial charge on any atom is -0.455 e. The van der Waals surface area contributed by atoms with Crippen molar-refractivity contribution in [3.05, 3.63) is 48.1 Å². The monoisotopic (exact) mass is 450 g/mol. The molecular weight excluding hydrogens is 412 g/mol. The zero-order valence-corrected chi connectivity index (χ0v) is 19.6. The largest absolute Gasteiger partial charge is 0.455 e. The van der Waals surface area contributed by atoms with Crippen LogP contribution in [0.5, 0.6) is 0 Å². The van der Waals surface area contributed by atoms with E-state index in [9.17, 15) is 19.8 Å². The van der Waals surface area contributed by atoms with Gasteiger partial charge in [0.25, 0.3) is 0 Å². The zero-order valence-electron chi connectivity index (χ0n) is 19.6. The summed E-state index contributed by atoms with van der Waals surface area (Å²) in [5.74, 6) is -1.09. The third-order valence-corrected chi connectivity index (χ3v) is 5.50. The first-order valence-electron chi connectivity index (χ1n) is 11.1. The average Bonchev–Trinajstić information content (AvgIpc) is 2.72. The molecule has 0 bridgehead atoms. The number of hydrogen-bond acceptors (Lipinski definition) is 7. The van der Waals surface area contributed by atoms with E-state index in [4.69, 9.17) is 14.6 Å². The maximum Gasteiger partial charge on any atom is 0.331 e. The first-order valence-corrected chi connectivity index (χ1v) is 11.1. The van der Waals surface area contributed by atoms with E-state index >= 15 is 0 Å². The van der Waals surface area contributed by atoms with Crippen LogP contribution in [0.4, 0.5) is 0 Å². The molecule has 0 aromatic heterocycles. The number of aliphatic hydroxyl groups is 3. The van der Waals surface area contributed by atoms with Crippen LogP contribution < -0.4 is 0 Å². The number of carbonyl (C=O) groups is 2. The summed E-state index contributed by atoms with van der Waals surface area (Å²) in [4.78, 5) is 24.2. The van der Waals surface area contributed by atoms with Crippen LogP contribution in [0.1, 0.15) is 47.0 Å². The van der Waals surface area contributed by atoms with Crippen molar-refractivity contribution in [2.24, 2.45) is 17.8 Å². The Morgan fingerprint density at radius 1 is 1.28 bits per heavy atom. The number of ether oxygens (including phenoxy) is 2. The van der Waals surface area contributed by atoms with Gasteiger partial charge in [-0.3, -0.25) is 0 Å². The summed E-state index contributed by atoms with van der Waals surface area (Å²) in [6.07, 6.45) is 7.39. The SMILES string of the molecule is C=C(C[C@H](C)C[C@H](C)[C@H]1OC(=O)C=C[C@H]1OC(=O)/C=C/C(C)=C/[C@@H](CO)CCO)[C@H](C)O. The van der Waals surface area contributed by atoms with Gasteiger partial charge in [0.2, 0.25) is 0 Å². The smallest absolute Gasteiger partial charge is 0.331 e. The highest BCUT2D eigenvalue weighted by molar-refractivity contribution is 5.85. The van der Waals surface area contributed by atoms with Gasteiger partial charge >= 0.3 is 11.9 Å². The standard InChI is InChI=1S/C25H38O7/c1-16(14-21(15-27)10-11-26)6-8-23(29)31-22-7-9-24(30)32-25(22)19(4)13-17(2)12-18(3)20(5)28/h6-9,14,17,19-22,25-28H,3,10-13,15H2,1-2,4-5H3/b8-6+,16-14+/t17-,19-,20-,21-,22+,25+/m0/s1. The van der Waals surface area contributed by atoms with Crippen LogP contribution in [0.25, 0.3) is 0 Å². The Balaban J connectivity index is 2.76. The van der Waals surface area contributed by atoms with Crippen LogP contribution in [0.15, 0.2) is 48.1 Å². The summed E-state index contributed by atoms with van der Waals surface area (Å²) in [6.45, 7) is 11.2. The number of rotatable bonds is 13. The molecular formula is C25H38O7. The van der Waals surface area contributed by atoms with E-state index in [1.54, 1.807) is 32.1 Å².